The van der Waals surface area contributed by atoms with E-state index in [2.05, 4.69) is 9.97 Å². The Hall–Kier alpha value is -3.21. The minimum absolute atomic E-state index is 0.177. The van der Waals surface area contributed by atoms with Crippen molar-refractivity contribution in [2.45, 2.75) is 0 Å². The summed E-state index contributed by atoms with van der Waals surface area (Å²) in [5, 5.41) is 10.7. The molecule has 0 unspecified atom stereocenters. The van der Waals surface area contributed by atoms with E-state index in [1.165, 1.54) is 18.2 Å². The van der Waals surface area contributed by atoms with Crippen molar-refractivity contribution in [3.8, 4) is 11.3 Å². The van der Waals surface area contributed by atoms with Crippen LogP contribution in [0.15, 0.2) is 54.7 Å². The first-order chi connectivity index (χ1) is 11.1. The highest BCUT2D eigenvalue weighted by molar-refractivity contribution is 6.05. The zero-order chi connectivity index (χ0) is 16.0. The van der Waals surface area contributed by atoms with Crippen molar-refractivity contribution in [2.75, 3.05) is 0 Å². The first-order valence-corrected chi connectivity index (χ1v) is 7.03. The average Bonchev–Trinajstić information content (AvgIpc) is 2.96. The van der Waals surface area contributed by atoms with E-state index in [4.69, 9.17) is 0 Å². The second-order valence-corrected chi connectivity index (χ2v) is 5.27. The van der Waals surface area contributed by atoms with E-state index in [0.717, 1.165) is 5.52 Å². The van der Waals surface area contributed by atoms with Gasteiger partial charge >= 0.3 is 5.97 Å². The predicted molar refractivity (Wildman–Crippen MR) is 86.0 cm³/mol. The Morgan fingerprint density at radius 1 is 1.09 bits per heavy atom. The van der Waals surface area contributed by atoms with Gasteiger partial charge in [-0.05, 0) is 30.3 Å². The molecule has 112 valence electrons. The van der Waals surface area contributed by atoms with Crippen LogP contribution in [-0.4, -0.2) is 21.0 Å². The number of aromatic amines is 1. The number of para-hydroxylation sites is 1. The molecule has 0 amide bonds. The molecule has 4 aromatic rings. The van der Waals surface area contributed by atoms with Crippen molar-refractivity contribution in [1.29, 1.82) is 0 Å². The molecule has 2 N–H and O–H groups in total. The number of nitrogens with one attached hydrogen (secondary N) is 1. The van der Waals surface area contributed by atoms with Crippen LogP contribution in [0.4, 0.5) is 4.39 Å². The molecule has 23 heavy (non-hydrogen) atoms. The van der Waals surface area contributed by atoms with E-state index in [1.807, 2.05) is 0 Å². The van der Waals surface area contributed by atoms with Gasteiger partial charge in [0.25, 0.3) is 0 Å². The highest BCUT2D eigenvalue weighted by Gasteiger charge is 2.15. The Morgan fingerprint density at radius 2 is 1.91 bits per heavy atom. The van der Waals surface area contributed by atoms with Gasteiger partial charge in [0, 0.05) is 28.0 Å². The van der Waals surface area contributed by atoms with Crippen molar-refractivity contribution in [3.63, 3.8) is 0 Å². The minimum Gasteiger partial charge on any atom is -0.478 e. The molecule has 2 aromatic heterocycles. The molecule has 2 aromatic carbocycles. The number of hydrogen-bond acceptors (Lipinski definition) is 2. The monoisotopic (exact) mass is 306 g/mol. The second-order valence-electron chi connectivity index (χ2n) is 5.27. The molecule has 0 saturated carbocycles. The summed E-state index contributed by atoms with van der Waals surface area (Å²) in [4.78, 5) is 19.2. The van der Waals surface area contributed by atoms with Gasteiger partial charge in [0.05, 0.1) is 16.8 Å². The maximum atomic E-state index is 13.5. The summed E-state index contributed by atoms with van der Waals surface area (Å²) in [6.45, 7) is 0. The number of nitrogens with zero attached hydrogens (tertiary/aromatic N) is 1. The smallest absolute Gasteiger partial charge is 0.336 e. The lowest BCUT2D eigenvalue weighted by molar-refractivity contribution is 0.0699. The summed E-state index contributed by atoms with van der Waals surface area (Å²) < 4.78 is 13.5. The zero-order valence-electron chi connectivity index (χ0n) is 11.9. The van der Waals surface area contributed by atoms with E-state index in [-0.39, 0.29) is 11.4 Å². The Labute approximate surface area is 130 Å². The molecule has 4 rings (SSSR count). The van der Waals surface area contributed by atoms with Crippen molar-refractivity contribution in [2.24, 2.45) is 0 Å². The number of aromatic nitrogens is 2. The van der Waals surface area contributed by atoms with Crippen LogP contribution >= 0.6 is 0 Å². The molecule has 0 fully saturated rings. The van der Waals surface area contributed by atoms with E-state index in [1.54, 1.807) is 36.5 Å². The molecule has 0 aliphatic carbocycles. The standard InChI is InChI=1S/C18H11FN2O2/c19-10-5-6-15-12(7-10)14(9-20-15)17-8-13(18(22)23)11-3-1-2-4-16(11)21-17/h1-9,20H,(H,22,23). The highest BCUT2D eigenvalue weighted by Crippen LogP contribution is 2.30. The summed E-state index contributed by atoms with van der Waals surface area (Å²) >= 11 is 0. The van der Waals surface area contributed by atoms with Crippen LogP contribution in [0.5, 0.6) is 0 Å². The third-order valence-corrected chi connectivity index (χ3v) is 3.87. The van der Waals surface area contributed by atoms with Gasteiger partial charge in [0.15, 0.2) is 0 Å². The predicted octanol–water partition coefficient (Wildman–Crippen LogP) is 4.22. The summed E-state index contributed by atoms with van der Waals surface area (Å²) in [5.41, 5.74) is 2.71. The van der Waals surface area contributed by atoms with E-state index >= 15 is 0 Å². The lowest BCUT2D eigenvalue weighted by Gasteiger charge is -2.06. The van der Waals surface area contributed by atoms with Gasteiger partial charge in [-0.25, -0.2) is 14.2 Å². The molecule has 0 atom stereocenters. The number of carboxylic acid groups (broad SMARTS) is 1. The SMILES string of the molecule is O=C(O)c1cc(-c2c[nH]c3ccc(F)cc23)nc2ccccc12. The van der Waals surface area contributed by atoms with Crippen molar-refractivity contribution >= 4 is 27.8 Å². The lowest BCUT2D eigenvalue weighted by atomic mass is 10.0. The quantitative estimate of drug-likeness (QED) is 0.582. The molecule has 0 aliphatic rings. The molecule has 4 nitrogen and oxygen atoms in total. The van der Waals surface area contributed by atoms with Crippen LogP contribution in [0.25, 0.3) is 33.1 Å². The number of carboxylic acids is 1. The van der Waals surface area contributed by atoms with E-state index in [0.29, 0.717) is 27.5 Å². The van der Waals surface area contributed by atoms with Crippen LogP contribution in [0.3, 0.4) is 0 Å². The number of H-pyrrole nitrogens is 1. The topological polar surface area (TPSA) is 66.0 Å². The number of benzene rings is 2. The van der Waals surface area contributed by atoms with Gasteiger partial charge in [0.1, 0.15) is 5.82 Å². The van der Waals surface area contributed by atoms with E-state index in [9.17, 15) is 14.3 Å². The summed E-state index contributed by atoms with van der Waals surface area (Å²) in [7, 11) is 0. The number of rotatable bonds is 2. The molecule has 5 heteroatoms. The first-order valence-electron chi connectivity index (χ1n) is 7.03. The summed E-state index contributed by atoms with van der Waals surface area (Å²) in [5.74, 6) is -1.37. The van der Waals surface area contributed by atoms with Gasteiger partial charge in [-0.2, -0.15) is 0 Å². The summed E-state index contributed by atoms with van der Waals surface area (Å²) in [6.07, 6.45) is 1.72. The molecule has 0 saturated heterocycles. The fraction of sp³-hybridized carbons (Fsp3) is 0. The molecule has 0 radical (unpaired) electrons. The molecule has 0 aliphatic heterocycles. The van der Waals surface area contributed by atoms with Crippen LogP contribution in [0.2, 0.25) is 0 Å². The van der Waals surface area contributed by atoms with Gasteiger partial charge in [0.2, 0.25) is 0 Å². The summed E-state index contributed by atoms with van der Waals surface area (Å²) in [6, 6.07) is 13.0. The fourth-order valence-corrected chi connectivity index (χ4v) is 2.80. The number of pyridine rings is 1. The highest BCUT2D eigenvalue weighted by atomic mass is 19.1. The largest absolute Gasteiger partial charge is 0.478 e. The van der Waals surface area contributed by atoms with Gasteiger partial charge in [-0.1, -0.05) is 18.2 Å². The Balaban J connectivity index is 2.04. The maximum absolute atomic E-state index is 13.5. The van der Waals surface area contributed by atoms with Crippen molar-refractivity contribution in [3.05, 3.63) is 66.1 Å². The number of carbonyl (C=O) groups is 1. The van der Waals surface area contributed by atoms with Gasteiger partial charge in [-0.15, -0.1) is 0 Å². The average molecular weight is 306 g/mol. The third-order valence-electron chi connectivity index (χ3n) is 3.87. The number of hydrogen-bond donors (Lipinski definition) is 2. The van der Waals surface area contributed by atoms with Crippen LogP contribution in [0.1, 0.15) is 10.4 Å². The molecule has 0 spiro atoms. The molecule has 0 bridgehead atoms. The van der Waals surface area contributed by atoms with Crippen LogP contribution < -0.4 is 0 Å². The van der Waals surface area contributed by atoms with Gasteiger partial charge < -0.3 is 10.1 Å². The second kappa shape index (κ2) is 4.91. The normalized spacial score (nSPS) is 11.2. The van der Waals surface area contributed by atoms with Gasteiger partial charge in [-0.3, -0.25) is 0 Å². The van der Waals surface area contributed by atoms with Crippen molar-refractivity contribution < 1.29 is 14.3 Å². The van der Waals surface area contributed by atoms with E-state index < -0.39 is 5.97 Å². The van der Waals surface area contributed by atoms with Crippen LogP contribution in [0, 0.1) is 5.82 Å². The molecular weight excluding hydrogens is 295 g/mol. The Kier molecular flexibility index (Phi) is 2.87. The Morgan fingerprint density at radius 3 is 2.74 bits per heavy atom. The number of halogens is 1. The number of fused-ring (bicyclic) bond motifs is 2. The first kappa shape index (κ1) is 13.5. The van der Waals surface area contributed by atoms with Crippen molar-refractivity contribution in [1.82, 2.24) is 9.97 Å². The maximum Gasteiger partial charge on any atom is 0.336 e. The zero-order valence-corrected chi connectivity index (χ0v) is 11.9. The fourth-order valence-electron chi connectivity index (χ4n) is 2.80. The molecular formula is C18H11FN2O2. The Bertz CT molecular complexity index is 1070. The lowest BCUT2D eigenvalue weighted by Crippen LogP contribution is -2.00. The van der Waals surface area contributed by atoms with Crippen LogP contribution in [-0.2, 0) is 0 Å². The molecule has 2 heterocycles. The number of aromatic carboxylic acids is 1. The minimum atomic E-state index is -1.02. The third kappa shape index (κ3) is 2.14.